The maximum Gasteiger partial charge on any atom is 0.340 e. The fraction of sp³-hybridized carbons (Fsp3) is 0.261. The van der Waals surface area contributed by atoms with E-state index < -0.39 is 0 Å². The molecule has 0 radical (unpaired) electrons. The normalized spacial score (nSPS) is 17.2. The number of hydrogen-bond acceptors (Lipinski definition) is 4. The molecule has 142 valence electrons. The first-order chi connectivity index (χ1) is 13.7. The molecule has 2 aliphatic heterocycles. The molecule has 2 saturated heterocycles. The van der Waals surface area contributed by atoms with E-state index in [1.54, 1.807) is 0 Å². The van der Waals surface area contributed by atoms with Gasteiger partial charge in [0.2, 0.25) is 0 Å². The lowest BCUT2D eigenvalue weighted by Gasteiger charge is -2.61. The highest BCUT2D eigenvalue weighted by molar-refractivity contribution is 5.96. The van der Waals surface area contributed by atoms with Crippen molar-refractivity contribution in [1.82, 2.24) is 4.57 Å². The van der Waals surface area contributed by atoms with Crippen LogP contribution in [0, 0.1) is 5.41 Å². The molecule has 3 heterocycles. The van der Waals surface area contributed by atoms with Crippen LogP contribution in [0.4, 0.5) is 11.4 Å². The Morgan fingerprint density at radius 2 is 1.54 bits per heavy atom. The minimum atomic E-state index is -0.306. The highest BCUT2D eigenvalue weighted by Gasteiger charge is 2.52. The molecule has 0 atom stereocenters. The summed E-state index contributed by atoms with van der Waals surface area (Å²) in [4.78, 5) is 17.2. The summed E-state index contributed by atoms with van der Waals surface area (Å²) >= 11 is 0. The zero-order valence-corrected chi connectivity index (χ0v) is 15.9. The number of rotatable bonds is 4. The summed E-state index contributed by atoms with van der Waals surface area (Å²) in [7, 11) is 1.43. The van der Waals surface area contributed by atoms with Crippen molar-refractivity contribution in [1.29, 1.82) is 0 Å². The van der Waals surface area contributed by atoms with Gasteiger partial charge in [-0.15, -0.1) is 0 Å². The van der Waals surface area contributed by atoms with E-state index in [0.29, 0.717) is 11.0 Å². The lowest BCUT2D eigenvalue weighted by atomic mass is 9.72. The van der Waals surface area contributed by atoms with E-state index in [1.807, 2.05) is 41.2 Å². The third-order valence-corrected chi connectivity index (χ3v) is 5.85. The van der Waals surface area contributed by atoms with E-state index in [1.165, 1.54) is 12.8 Å². The molecule has 1 spiro atoms. The van der Waals surface area contributed by atoms with Gasteiger partial charge in [0.05, 0.1) is 24.0 Å². The van der Waals surface area contributed by atoms with Crippen molar-refractivity contribution in [2.45, 2.75) is 0 Å². The van der Waals surface area contributed by atoms with Crippen LogP contribution in [0.5, 0.6) is 0 Å². The summed E-state index contributed by atoms with van der Waals surface area (Å²) in [5.41, 5.74) is 4.23. The van der Waals surface area contributed by atoms with Crippen molar-refractivity contribution in [3.05, 3.63) is 78.6 Å². The number of aromatic nitrogens is 1. The monoisotopic (exact) mass is 373 g/mol. The van der Waals surface area contributed by atoms with Gasteiger partial charge in [0.1, 0.15) is 0 Å². The molecular weight excluding hydrogens is 350 g/mol. The van der Waals surface area contributed by atoms with E-state index in [2.05, 4.69) is 46.2 Å². The second kappa shape index (κ2) is 6.44. The van der Waals surface area contributed by atoms with Crippen molar-refractivity contribution in [3.63, 3.8) is 0 Å². The lowest BCUT2D eigenvalue weighted by Crippen LogP contribution is -2.72. The topological polar surface area (TPSA) is 37.7 Å². The van der Waals surface area contributed by atoms with E-state index in [4.69, 9.17) is 4.74 Å². The summed E-state index contributed by atoms with van der Waals surface area (Å²) in [6.45, 7) is 4.19. The maximum atomic E-state index is 12.3. The van der Waals surface area contributed by atoms with Gasteiger partial charge >= 0.3 is 5.97 Å². The van der Waals surface area contributed by atoms with Crippen LogP contribution < -0.4 is 9.80 Å². The molecule has 3 aromatic rings. The quantitative estimate of drug-likeness (QED) is 0.655. The zero-order chi connectivity index (χ0) is 19.1. The van der Waals surface area contributed by atoms with Gasteiger partial charge in [-0.1, -0.05) is 24.3 Å². The first-order valence-electron chi connectivity index (χ1n) is 9.59. The van der Waals surface area contributed by atoms with Crippen LogP contribution >= 0.6 is 0 Å². The van der Waals surface area contributed by atoms with Crippen molar-refractivity contribution in [2.75, 3.05) is 43.1 Å². The number of para-hydroxylation sites is 2. The zero-order valence-electron chi connectivity index (χ0n) is 15.9. The highest BCUT2D eigenvalue weighted by Crippen LogP contribution is 2.45. The number of nitrogens with zero attached hydrogens (tertiary/aromatic N) is 3. The van der Waals surface area contributed by atoms with Crippen LogP contribution in [0.25, 0.3) is 5.69 Å². The van der Waals surface area contributed by atoms with Gasteiger partial charge in [0.25, 0.3) is 0 Å². The summed E-state index contributed by atoms with van der Waals surface area (Å²) in [6, 6.07) is 20.4. The fourth-order valence-corrected chi connectivity index (χ4v) is 4.53. The molecule has 5 nitrogen and oxygen atoms in total. The Bertz CT molecular complexity index is 984. The molecule has 5 rings (SSSR count). The smallest absolute Gasteiger partial charge is 0.340 e. The molecule has 2 aliphatic rings. The molecule has 28 heavy (non-hydrogen) atoms. The van der Waals surface area contributed by atoms with E-state index in [0.717, 1.165) is 37.6 Å². The summed E-state index contributed by atoms with van der Waals surface area (Å²) in [6.07, 6.45) is 3.95. The Labute approximate surface area is 164 Å². The van der Waals surface area contributed by atoms with E-state index in [9.17, 15) is 4.79 Å². The van der Waals surface area contributed by atoms with Crippen molar-refractivity contribution in [2.24, 2.45) is 5.41 Å². The lowest BCUT2D eigenvalue weighted by molar-refractivity contribution is 0.0600. The van der Waals surface area contributed by atoms with E-state index >= 15 is 0 Å². The van der Waals surface area contributed by atoms with Crippen molar-refractivity contribution < 1.29 is 9.53 Å². The molecule has 1 aromatic heterocycles. The van der Waals surface area contributed by atoms with Crippen LogP contribution in [-0.2, 0) is 4.74 Å². The third kappa shape index (κ3) is 2.66. The highest BCUT2D eigenvalue weighted by atomic mass is 16.5. The number of carbonyl (C=O) groups is 1. The minimum absolute atomic E-state index is 0.306. The Kier molecular flexibility index (Phi) is 3.90. The molecule has 2 fully saturated rings. The summed E-state index contributed by atoms with van der Waals surface area (Å²) < 4.78 is 7.02. The van der Waals surface area contributed by atoms with Crippen LogP contribution in [-0.4, -0.2) is 43.8 Å². The van der Waals surface area contributed by atoms with Crippen LogP contribution in [0.1, 0.15) is 10.4 Å². The van der Waals surface area contributed by atoms with Gasteiger partial charge in [-0.25, -0.2) is 4.79 Å². The molecule has 0 amide bonds. The molecule has 0 unspecified atom stereocenters. The molecule has 5 heteroatoms. The molecular formula is C23H23N3O2. The van der Waals surface area contributed by atoms with Gasteiger partial charge in [0, 0.05) is 49.7 Å². The summed E-state index contributed by atoms with van der Waals surface area (Å²) in [5, 5.41) is 0. The average Bonchev–Trinajstić information content (AvgIpc) is 3.20. The van der Waals surface area contributed by atoms with Gasteiger partial charge < -0.3 is 19.1 Å². The first-order valence-corrected chi connectivity index (χ1v) is 9.59. The van der Waals surface area contributed by atoms with Gasteiger partial charge in [-0.3, -0.25) is 0 Å². The van der Waals surface area contributed by atoms with Gasteiger partial charge in [-0.05, 0) is 36.4 Å². The molecule has 2 aromatic carbocycles. The van der Waals surface area contributed by atoms with E-state index in [-0.39, 0.29) is 5.97 Å². The standard InChI is InChI=1S/C23H23N3O2/c1-28-22(27)19-10-7-11-20(21(19)24-12-5-6-13-24)26-16-23(17-26)14-25(15-23)18-8-3-2-4-9-18/h2-13H,14-17H2,1H3. The Balaban J connectivity index is 1.38. The number of benzene rings is 2. The van der Waals surface area contributed by atoms with Crippen LogP contribution in [0.2, 0.25) is 0 Å². The van der Waals surface area contributed by atoms with Crippen molar-refractivity contribution >= 4 is 17.3 Å². The SMILES string of the molecule is COC(=O)c1cccc(N2CC3(CN(c4ccccc4)C3)C2)c1-n1cccc1. The maximum absolute atomic E-state index is 12.3. The van der Waals surface area contributed by atoms with Crippen molar-refractivity contribution in [3.8, 4) is 5.69 Å². The molecule has 0 N–H and O–H groups in total. The number of anilines is 2. The summed E-state index contributed by atoms with van der Waals surface area (Å²) in [5.74, 6) is -0.306. The van der Waals surface area contributed by atoms with Gasteiger partial charge in [-0.2, -0.15) is 0 Å². The Morgan fingerprint density at radius 1 is 0.857 bits per heavy atom. The number of hydrogen-bond donors (Lipinski definition) is 0. The van der Waals surface area contributed by atoms with Crippen LogP contribution in [0.15, 0.2) is 73.1 Å². The number of ether oxygens (including phenoxy) is 1. The first kappa shape index (κ1) is 16.9. The fourth-order valence-electron chi connectivity index (χ4n) is 4.53. The Hall–Kier alpha value is -3.21. The second-order valence-electron chi connectivity index (χ2n) is 7.80. The number of carbonyl (C=O) groups excluding carboxylic acids is 1. The second-order valence-corrected chi connectivity index (χ2v) is 7.80. The average molecular weight is 373 g/mol. The minimum Gasteiger partial charge on any atom is -0.465 e. The van der Waals surface area contributed by atoms with Crippen LogP contribution in [0.3, 0.4) is 0 Å². The molecule has 0 saturated carbocycles. The predicted molar refractivity (Wildman–Crippen MR) is 110 cm³/mol. The molecule has 0 aliphatic carbocycles. The molecule has 0 bridgehead atoms. The largest absolute Gasteiger partial charge is 0.465 e. The number of methoxy groups -OCH3 is 1. The predicted octanol–water partition coefficient (Wildman–Crippen LogP) is 3.59. The third-order valence-electron chi connectivity index (χ3n) is 5.85. The van der Waals surface area contributed by atoms with Gasteiger partial charge in [0.15, 0.2) is 0 Å². The number of esters is 1. The Morgan fingerprint density at radius 3 is 2.21 bits per heavy atom.